The van der Waals surface area contributed by atoms with Crippen LogP contribution in [0.3, 0.4) is 0 Å². The van der Waals surface area contributed by atoms with Crippen molar-refractivity contribution in [3.63, 3.8) is 0 Å². The number of carbonyl (C=O) groups is 1. The summed E-state index contributed by atoms with van der Waals surface area (Å²) in [6.45, 7) is 2.20. The Hall–Kier alpha value is -2.20. The maximum atomic E-state index is 13.6. The summed E-state index contributed by atoms with van der Waals surface area (Å²) in [6, 6.07) is 7.15. The summed E-state index contributed by atoms with van der Waals surface area (Å²) < 4.78 is 28.8. The first-order valence-corrected chi connectivity index (χ1v) is 11.2. The predicted octanol–water partition coefficient (Wildman–Crippen LogP) is 3.31. The van der Waals surface area contributed by atoms with Gasteiger partial charge in [0.05, 0.1) is 35.7 Å². The molecule has 5 rings (SSSR count). The monoisotopic (exact) mass is 542 g/mol. The van der Waals surface area contributed by atoms with Crippen LogP contribution in [0.5, 0.6) is 28.7 Å². The van der Waals surface area contributed by atoms with Crippen LogP contribution in [-0.4, -0.2) is 54.0 Å². The van der Waals surface area contributed by atoms with Crippen LogP contribution >= 0.6 is 22.6 Å². The SMILES string of the molecule is COc1cc2c(cc1OC)[C@@H]1C(=O)c3ccc4c(c3O[C@@H]1CO2)C[C@H]([C@@](C)([131I])CO)O4. The summed E-state index contributed by atoms with van der Waals surface area (Å²) in [6.07, 6.45) is -0.0675. The summed E-state index contributed by atoms with van der Waals surface area (Å²) in [5.74, 6) is 2.48. The van der Waals surface area contributed by atoms with Crippen molar-refractivity contribution in [1.82, 2.24) is 0 Å². The number of carbonyl (C=O) groups excluding carboxylic acids is 1. The summed E-state index contributed by atoms with van der Waals surface area (Å²) in [4.78, 5) is 13.6. The lowest BCUT2D eigenvalue weighted by atomic mass is 9.81. The quantitative estimate of drug-likeness (QED) is 0.469. The number of rotatable bonds is 4. The molecule has 2 aromatic rings. The lowest BCUT2D eigenvalue weighted by molar-refractivity contribution is 0.0554. The van der Waals surface area contributed by atoms with Gasteiger partial charge < -0.3 is 28.8 Å². The molecule has 0 amide bonds. The molecule has 0 saturated carbocycles. The molecule has 7 nitrogen and oxygen atoms in total. The highest BCUT2D eigenvalue weighted by atomic mass is 131. The fourth-order valence-corrected chi connectivity index (χ4v) is 4.85. The van der Waals surface area contributed by atoms with E-state index in [2.05, 4.69) is 22.6 Å². The van der Waals surface area contributed by atoms with Crippen molar-refractivity contribution in [1.29, 1.82) is 0 Å². The van der Waals surface area contributed by atoms with Crippen molar-refractivity contribution in [3.05, 3.63) is 41.0 Å². The van der Waals surface area contributed by atoms with Crippen LogP contribution in [0.25, 0.3) is 0 Å². The van der Waals surface area contributed by atoms with E-state index in [1.54, 1.807) is 32.4 Å². The Kier molecular flexibility index (Phi) is 4.97. The van der Waals surface area contributed by atoms with Gasteiger partial charge in [-0.3, -0.25) is 4.79 Å². The molecule has 8 heteroatoms. The molecule has 0 spiro atoms. The largest absolute Gasteiger partial charge is 0.493 e. The number of methoxy groups -OCH3 is 2. The van der Waals surface area contributed by atoms with E-state index in [0.29, 0.717) is 40.7 Å². The molecule has 164 valence electrons. The third-order valence-corrected chi connectivity index (χ3v) is 7.34. The van der Waals surface area contributed by atoms with Crippen LogP contribution in [0.15, 0.2) is 24.3 Å². The first-order chi connectivity index (χ1) is 14.9. The maximum Gasteiger partial charge on any atom is 0.178 e. The Balaban J connectivity index is 1.55. The minimum Gasteiger partial charge on any atom is -0.493 e. The van der Waals surface area contributed by atoms with Gasteiger partial charge in [0.15, 0.2) is 17.3 Å². The van der Waals surface area contributed by atoms with Gasteiger partial charge in [0.25, 0.3) is 0 Å². The van der Waals surface area contributed by atoms with E-state index in [9.17, 15) is 9.90 Å². The normalized spacial score (nSPS) is 24.9. The maximum absolute atomic E-state index is 13.6. The molecular formula is C23H23IO7. The van der Waals surface area contributed by atoms with E-state index in [1.807, 2.05) is 13.0 Å². The first-order valence-electron chi connectivity index (χ1n) is 10.1. The number of hydrogen-bond acceptors (Lipinski definition) is 7. The van der Waals surface area contributed by atoms with Gasteiger partial charge in [-0.15, -0.1) is 0 Å². The molecule has 0 radical (unpaired) electrons. The number of alkyl halides is 1. The summed E-state index contributed by atoms with van der Waals surface area (Å²) in [5.41, 5.74) is 2.16. The molecule has 3 aliphatic heterocycles. The average molecular weight is 542 g/mol. The second-order valence-electron chi connectivity index (χ2n) is 8.22. The standard InChI is InChI=1S/C23H23IO7/c1-23(24,10-25)19-7-13-14(30-19)5-4-11-21(26)20-12-6-16(27-2)17(28-3)8-15(12)29-9-18(20)31-22(11)13/h4-6,8,18-20,25H,7,9-10H2,1-3H3/t18-,19-,20+,23+/m1/s1/i24+4. The fraction of sp³-hybridized carbons (Fsp3) is 0.435. The van der Waals surface area contributed by atoms with Gasteiger partial charge >= 0.3 is 0 Å². The van der Waals surface area contributed by atoms with Gasteiger partial charge in [0, 0.05) is 23.6 Å². The first kappa shape index (κ1) is 20.7. The Morgan fingerprint density at radius 1 is 1.16 bits per heavy atom. The Bertz CT molecular complexity index is 1060. The number of Topliss-reactive ketones (excluding diaryl/α,β-unsaturated/α-hetero) is 1. The molecule has 0 aromatic heterocycles. The van der Waals surface area contributed by atoms with Crippen LogP contribution in [0, 0.1) is 0 Å². The van der Waals surface area contributed by atoms with Crippen molar-refractivity contribution in [2.45, 2.75) is 34.9 Å². The highest BCUT2D eigenvalue weighted by molar-refractivity contribution is 14.1. The zero-order valence-electron chi connectivity index (χ0n) is 17.4. The lowest BCUT2D eigenvalue weighted by Crippen LogP contribution is -2.43. The molecule has 1 N–H and O–H groups in total. The second kappa shape index (κ2) is 7.44. The molecule has 0 fully saturated rings. The summed E-state index contributed by atoms with van der Waals surface area (Å²) in [7, 11) is 3.13. The summed E-state index contributed by atoms with van der Waals surface area (Å²) in [5, 5.41) is 9.73. The van der Waals surface area contributed by atoms with Crippen molar-refractivity contribution < 1.29 is 33.6 Å². The Morgan fingerprint density at radius 2 is 1.90 bits per heavy atom. The van der Waals surface area contributed by atoms with E-state index < -0.39 is 15.4 Å². The minimum absolute atomic E-state index is 0.00515. The highest BCUT2D eigenvalue weighted by Crippen LogP contribution is 2.50. The van der Waals surface area contributed by atoms with Gasteiger partial charge in [0.2, 0.25) is 0 Å². The third-order valence-electron chi connectivity index (χ3n) is 6.30. The smallest absolute Gasteiger partial charge is 0.178 e. The third kappa shape index (κ3) is 3.14. The zero-order valence-corrected chi connectivity index (χ0v) is 19.6. The molecular weight excluding hydrogens is 519 g/mol. The zero-order chi connectivity index (χ0) is 21.9. The van der Waals surface area contributed by atoms with Crippen molar-refractivity contribution >= 4 is 28.4 Å². The molecule has 0 saturated heterocycles. The second-order valence-corrected chi connectivity index (χ2v) is 10.7. The van der Waals surface area contributed by atoms with Crippen LogP contribution in [0.1, 0.15) is 34.3 Å². The molecule has 0 bridgehead atoms. The van der Waals surface area contributed by atoms with Crippen LogP contribution in [0.4, 0.5) is 0 Å². The number of aliphatic hydroxyl groups is 1. The van der Waals surface area contributed by atoms with Gasteiger partial charge in [0.1, 0.15) is 36.1 Å². The number of ether oxygens (including phenoxy) is 5. The number of ketones is 1. The lowest BCUT2D eigenvalue weighted by Gasteiger charge is -2.37. The Labute approximate surface area is 193 Å². The highest BCUT2D eigenvalue weighted by Gasteiger charge is 2.47. The van der Waals surface area contributed by atoms with Crippen LogP contribution < -0.4 is 23.7 Å². The van der Waals surface area contributed by atoms with E-state index in [1.165, 1.54) is 0 Å². The van der Waals surface area contributed by atoms with Crippen LogP contribution in [0.2, 0.25) is 0 Å². The van der Waals surface area contributed by atoms with E-state index in [-0.39, 0.29) is 25.1 Å². The molecule has 0 aliphatic carbocycles. The summed E-state index contributed by atoms with van der Waals surface area (Å²) >= 11 is 2.22. The van der Waals surface area contributed by atoms with E-state index in [0.717, 1.165) is 11.1 Å². The molecule has 0 unspecified atom stereocenters. The van der Waals surface area contributed by atoms with Crippen molar-refractivity contribution in [2.75, 3.05) is 27.4 Å². The topological polar surface area (TPSA) is 83.5 Å². The van der Waals surface area contributed by atoms with Gasteiger partial charge in [-0.2, -0.15) is 0 Å². The molecule has 3 aliphatic rings. The fourth-order valence-electron chi connectivity index (χ4n) is 4.50. The Morgan fingerprint density at radius 3 is 2.61 bits per heavy atom. The molecule has 3 heterocycles. The van der Waals surface area contributed by atoms with Crippen molar-refractivity contribution in [2.24, 2.45) is 0 Å². The van der Waals surface area contributed by atoms with Crippen LogP contribution in [-0.2, 0) is 6.42 Å². The minimum atomic E-state index is -0.487. The van der Waals surface area contributed by atoms with Gasteiger partial charge in [-0.05, 0) is 25.1 Å². The van der Waals surface area contributed by atoms with Crippen molar-refractivity contribution in [3.8, 4) is 28.7 Å². The number of fused-ring (bicyclic) bond motifs is 6. The number of hydrogen-bond donors (Lipinski definition) is 1. The predicted molar refractivity (Wildman–Crippen MR) is 121 cm³/mol. The van der Waals surface area contributed by atoms with Gasteiger partial charge in [-0.1, -0.05) is 22.6 Å². The number of halogens is 1. The average Bonchev–Trinajstić information content (AvgIpc) is 3.23. The van der Waals surface area contributed by atoms with Gasteiger partial charge in [-0.25, -0.2) is 0 Å². The molecule has 31 heavy (non-hydrogen) atoms. The number of benzene rings is 2. The van der Waals surface area contributed by atoms with E-state index in [4.69, 9.17) is 23.7 Å². The number of aliphatic hydroxyl groups excluding tert-OH is 1. The molecule has 4 atom stereocenters. The van der Waals surface area contributed by atoms with E-state index >= 15 is 0 Å². The molecule has 2 aromatic carbocycles.